The summed E-state index contributed by atoms with van der Waals surface area (Å²) in [6, 6.07) is 0. The topological polar surface area (TPSA) is 117 Å². The first-order valence-corrected chi connectivity index (χ1v) is 10.7. The summed E-state index contributed by atoms with van der Waals surface area (Å²) >= 11 is 1.59. The van der Waals surface area contributed by atoms with Gasteiger partial charge in [-0.25, -0.2) is 4.39 Å². The molecule has 160 valence electrons. The first-order chi connectivity index (χ1) is 13.3. The minimum atomic E-state index is -0.898. The zero-order valence-corrected chi connectivity index (χ0v) is 17.6. The largest absolute Gasteiger partial charge is 0.464 e. The van der Waals surface area contributed by atoms with E-state index in [4.69, 9.17) is 20.9 Å². The molecule has 0 unspecified atom stereocenters. The van der Waals surface area contributed by atoms with Crippen LogP contribution in [-0.4, -0.2) is 42.1 Å². The lowest BCUT2D eigenvalue weighted by molar-refractivity contribution is -0.140. The van der Waals surface area contributed by atoms with E-state index in [0.717, 1.165) is 12.2 Å². The maximum atomic E-state index is 12.7. The molecule has 1 heterocycles. The van der Waals surface area contributed by atoms with Crippen molar-refractivity contribution >= 4 is 30.0 Å². The molecule has 4 atom stereocenters. The van der Waals surface area contributed by atoms with Crippen molar-refractivity contribution in [2.24, 2.45) is 34.2 Å². The number of hydrogen-bond donors (Lipinski definition) is 2. The van der Waals surface area contributed by atoms with Crippen molar-refractivity contribution in [2.45, 2.75) is 58.7 Å². The van der Waals surface area contributed by atoms with E-state index in [0.29, 0.717) is 36.4 Å². The Bertz CT molecular complexity index is 565. The fraction of sp³-hybridized carbons (Fsp3) is 0.737. The van der Waals surface area contributed by atoms with Crippen LogP contribution in [0, 0.1) is 17.8 Å². The first-order valence-electron chi connectivity index (χ1n) is 9.51. The highest BCUT2D eigenvalue weighted by atomic mass is 32.2. The minimum Gasteiger partial charge on any atom is -0.464 e. The number of nitrogens with two attached hydrogens (primary N) is 2. The highest BCUT2D eigenvalue weighted by Gasteiger charge is 2.31. The van der Waals surface area contributed by atoms with Gasteiger partial charge in [-0.2, -0.15) is 4.99 Å². The molecule has 1 saturated heterocycles. The average molecular weight is 418 g/mol. The van der Waals surface area contributed by atoms with E-state index in [1.54, 1.807) is 11.8 Å². The zero-order valence-electron chi connectivity index (χ0n) is 16.8. The molecule has 7 nitrogen and oxygen atoms in total. The summed E-state index contributed by atoms with van der Waals surface area (Å²) in [7, 11) is 0. The Hall–Kier alpha value is -1.61. The number of carbonyl (C=O) groups excluding carboxylic acids is 2. The maximum Gasteiger partial charge on any atom is 0.293 e. The van der Waals surface area contributed by atoms with Crippen LogP contribution in [0.25, 0.3) is 0 Å². The molecule has 2 fully saturated rings. The maximum absolute atomic E-state index is 12.7. The van der Waals surface area contributed by atoms with Crippen LogP contribution >= 0.6 is 11.8 Å². The summed E-state index contributed by atoms with van der Waals surface area (Å²) < 4.78 is 23.0. The molecular formula is C19H32FN3O4S. The fourth-order valence-electron chi connectivity index (χ4n) is 3.35. The van der Waals surface area contributed by atoms with Crippen molar-refractivity contribution in [3.8, 4) is 0 Å². The molecule has 4 N–H and O–H groups in total. The predicted octanol–water partition coefficient (Wildman–Crippen LogP) is 2.74. The fourth-order valence-corrected chi connectivity index (χ4v) is 4.21. The van der Waals surface area contributed by atoms with Gasteiger partial charge in [0.05, 0.1) is 18.5 Å². The summed E-state index contributed by atoms with van der Waals surface area (Å²) in [6.45, 7) is 7.26. The van der Waals surface area contributed by atoms with Crippen LogP contribution in [0.4, 0.5) is 4.39 Å². The van der Waals surface area contributed by atoms with Crippen molar-refractivity contribution < 1.29 is 23.5 Å². The molecule has 2 aliphatic rings. The molecular weight excluding hydrogens is 385 g/mol. The molecule has 9 heteroatoms. The number of hydrogen-bond acceptors (Lipinski definition) is 6. The number of amides is 1. The molecule has 2 rings (SSSR count). The summed E-state index contributed by atoms with van der Waals surface area (Å²) in [5.74, 6) is 1.33. The molecule has 1 aliphatic heterocycles. The third-order valence-electron chi connectivity index (χ3n) is 4.92. The van der Waals surface area contributed by atoms with Crippen LogP contribution in [0.3, 0.4) is 0 Å². The van der Waals surface area contributed by atoms with Crippen LogP contribution in [0.2, 0.25) is 0 Å². The van der Waals surface area contributed by atoms with E-state index < -0.39 is 17.6 Å². The smallest absolute Gasteiger partial charge is 0.293 e. The van der Waals surface area contributed by atoms with Gasteiger partial charge in [-0.1, -0.05) is 27.2 Å². The number of aliphatic imine (C=N–C) groups is 1. The summed E-state index contributed by atoms with van der Waals surface area (Å²) in [5.41, 5.74) is 10.0. The van der Waals surface area contributed by atoms with Crippen LogP contribution in [-0.2, 0) is 19.1 Å². The quantitative estimate of drug-likeness (QED) is 0.388. The van der Waals surface area contributed by atoms with Crippen LogP contribution < -0.4 is 11.5 Å². The van der Waals surface area contributed by atoms with E-state index in [-0.39, 0.29) is 18.6 Å². The van der Waals surface area contributed by atoms with Crippen molar-refractivity contribution in [2.75, 3.05) is 11.7 Å². The molecule has 0 spiro atoms. The van der Waals surface area contributed by atoms with E-state index in [1.807, 2.05) is 0 Å². The number of nitrogens with zero attached hydrogens (tertiary/aromatic N) is 1. The molecule has 0 aromatic rings. The molecule has 1 amide bonds. The second kappa shape index (κ2) is 12.8. The Labute approximate surface area is 170 Å². The van der Waals surface area contributed by atoms with Crippen molar-refractivity contribution in [3.63, 3.8) is 0 Å². The van der Waals surface area contributed by atoms with Crippen molar-refractivity contribution in [3.05, 3.63) is 12.0 Å². The van der Waals surface area contributed by atoms with Gasteiger partial charge in [0.2, 0.25) is 5.91 Å². The number of halogens is 1. The van der Waals surface area contributed by atoms with E-state index in [9.17, 15) is 14.0 Å². The predicted molar refractivity (Wildman–Crippen MR) is 109 cm³/mol. The lowest BCUT2D eigenvalue weighted by Crippen LogP contribution is -2.33. The first kappa shape index (κ1) is 24.4. The third kappa shape index (κ3) is 8.60. The molecule has 0 radical (unpaired) electrons. The van der Waals surface area contributed by atoms with E-state index in [1.165, 1.54) is 12.8 Å². The molecule has 1 aliphatic carbocycles. The number of carbonyl (C=O) groups is 2. The van der Waals surface area contributed by atoms with Crippen molar-refractivity contribution in [1.82, 2.24) is 0 Å². The Morgan fingerprint density at radius 3 is 2.68 bits per heavy atom. The number of ether oxygens (including phenoxy) is 2. The molecule has 1 saturated carbocycles. The van der Waals surface area contributed by atoms with Gasteiger partial charge in [0, 0.05) is 12.0 Å². The second-order valence-corrected chi connectivity index (χ2v) is 8.46. The van der Waals surface area contributed by atoms with Crippen LogP contribution in [0.15, 0.2) is 17.0 Å². The Balaban J connectivity index is 0.000000283. The van der Waals surface area contributed by atoms with Crippen LogP contribution in [0.1, 0.15) is 46.5 Å². The van der Waals surface area contributed by atoms with E-state index in [2.05, 4.69) is 25.8 Å². The summed E-state index contributed by atoms with van der Waals surface area (Å²) in [5, 5.41) is 0. The van der Waals surface area contributed by atoms with Crippen LogP contribution in [0.5, 0.6) is 0 Å². The van der Waals surface area contributed by atoms with Gasteiger partial charge in [0.15, 0.2) is 11.7 Å². The van der Waals surface area contributed by atoms with Gasteiger partial charge in [-0.3, -0.25) is 9.59 Å². The van der Waals surface area contributed by atoms with Gasteiger partial charge in [0.25, 0.3) is 6.47 Å². The monoisotopic (exact) mass is 417 g/mol. The molecule has 28 heavy (non-hydrogen) atoms. The van der Waals surface area contributed by atoms with Gasteiger partial charge >= 0.3 is 0 Å². The Morgan fingerprint density at radius 1 is 1.43 bits per heavy atom. The average Bonchev–Trinajstić information content (AvgIpc) is 3.14. The Kier molecular flexibility index (Phi) is 11.1. The molecule has 0 aromatic heterocycles. The standard InChI is InChI=1S/C11H20O2.C8H12FN3O2S/c1-8(2)10-5-4-9(3)6-11(10)13-7-12;9-6(2-10)8(11)12-7(13)1-5-3-15-4-14-5/h7-11H,4-6H2,1-3H3;2,5H,1,3-4,10H2,(H2,11,12,13)/b;6-2+/t9-,10+,11-;5-/m11/s1. The lowest BCUT2D eigenvalue weighted by Gasteiger charge is -2.35. The number of rotatable bonds is 6. The molecule has 0 aromatic carbocycles. The Morgan fingerprint density at radius 2 is 2.14 bits per heavy atom. The summed E-state index contributed by atoms with van der Waals surface area (Å²) in [6.07, 6.45) is 4.32. The van der Waals surface area contributed by atoms with E-state index >= 15 is 0 Å². The van der Waals surface area contributed by atoms with Gasteiger partial charge in [-0.15, -0.1) is 11.8 Å². The minimum absolute atomic E-state index is 0.117. The second-order valence-electron chi connectivity index (χ2n) is 7.48. The molecule has 0 bridgehead atoms. The highest BCUT2D eigenvalue weighted by molar-refractivity contribution is 7.99. The lowest BCUT2D eigenvalue weighted by atomic mass is 9.75. The van der Waals surface area contributed by atoms with Gasteiger partial charge in [0.1, 0.15) is 6.10 Å². The highest BCUT2D eigenvalue weighted by Crippen LogP contribution is 2.34. The van der Waals surface area contributed by atoms with Crippen molar-refractivity contribution in [1.29, 1.82) is 0 Å². The van der Waals surface area contributed by atoms with Gasteiger partial charge in [-0.05, 0) is 30.6 Å². The summed E-state index contributed by atoms with van der Waals surface area (Å²) in [4.78, 5) is 24.9. The SMILES string of the molecule is CC(C)[C@@H]1CC[C@@H](C)C[C@H]1OC=O.N/C=C(/F)C(N)=NC(=O)C[C@@H]1CSCO1. The third-order valence-corrected chi connectivity index (χ3v) is 5.83. The number of thioether (sulfide) groups is 1. The zero-order chi connectivity index (χ0) is 21.1. The van der Waals surface area contributed by atoms with Gasteiger partial charge < -0.3 is 20.9 Å². The normalized spacial score (nSPS) is 28.5. The number of amidine groups is 1.